The van der Waals surface area contributed by atoms with Gasteiger partial charge in [0.1, 0.15) is 16.4 Å². The van der Waals surface area contributed by atoms with Crippen molar-refractivity contribution in [1.82, 2.24) is 29.5 Å². The van der Waals surface area contributed by atoms with Gasteiger partial charge in [-0.15, -0.1) is 0 Å². The topological polar surface area (TPSA) is 90.7 Å². The van der Waals surface area contributed by atoms with Crippen LogP contribution in [0.2, 0.25) is 0 Å². The monoisotopic (exact) mass is 450 g/mol. The maximum Gasteiger partial charge on any atom is 0.165 e. The van der Waals surface area contributed by atoms with E-state index in [1.165, 1.54) is 11.8 Å². The van der Waals surface area contributed by atoms with Gasteiger partial charge in [0, 0.05) is 49.9 Å². The van der Waals surface area contributed by atoms with Crippen LogP contribution in [0.3, 0.4) is 0 Å². The minimum absolute atomic E-state index is 0.0309. The Hall–Kier alpha value is -2.98. The molecule has 10 heteroatoms. The Kier molecular flexibility index (Phi) is 4.48. The molecule has 1 atom stereocenters. The minimum Gasteiger partial charge on any atom is -0.355 e. The lowest BCUT2D eigenvalue weighted by Crippen LogP contribution is -2.45. The average Bonchev–Trinajstić information content (AvgIpc) is 3.48. The smallest absolute Gasteiger partial charge is 0.165 e. The third kappa shape index (κ3) is 3.08. The largest absolute Gasteiger partial charge is 0.355 e. The van der Waals surface area contributed by atoms with Gasteiger partial charge in [-0.25, -0.2) is 14.4 Å². The summed E-state index contributed by atoms with van der Waals surface area (Å²) in [6, 6.07) is 5.70. The van der Waals surface area contributed by atoms with Crippen LogP contribution in [0, 0.1) is 11.2 Å². The van der Waals surface area contributed by atoms with Crippen molar-refractivity contribution in [1.29, 1.82) is 0 Å². The van der Waals surface area contributed by atoms with E-state index in [0.29, 0.717) is 15.4 Å². The Labute approximate surface area is 188 Å². The van der Waals surface area contributed by atoms with E-state index in [9.17, 15) is 4.39 Å². The normalized spacial score (nSPS) is 19.7. The lowest BCUT2D eigenvalue weighted by atomic mass is 9.73. The van der Waals surface area contributed by atoms with Gasteiger partial charge in [-0.1, -0.05) is 11.8 Å². The van der Waals surface area contributed by atoms with Crippen molar-refractivity contribution in [2.75, 3.05) is 18.0 Å². The van der Waals surface area contributed by atoms with Crippen LogP contribution in [-0.4, -0.2) is 42.6 Å². The first-order valence-electron chi connectivity index (χ1n) is 10.7. The quantitative estimate of drug-likeness (QED) is 0.513. The first-order valence-corrected chi connectivity index (χ1v) is 11.5. The molecule has 0 saturated carbocycles. The van der Waals surface area contributed by atoms with E-state index in [2.05, 4.69) is 25.1 Å². The summed E-state index contributed by atoms with van der Waals surface area (Å²) in [7, 11) is 1.79. The van der Waals surface area contributed by atoms with E-state index < -0.39 is 0 Å². The van der Waals surface area contributed by atoms with Crippen molar-refractivity contribution in [3.8, 4) is 0 Å². The number of nitrogens with two attached hydrogens (primary N) is 1. The van der Waals surface area contributed by atoms with Crippen LogP contribution in [0.25, 0.3) is 10.9 Å². The molecule has 0 amide bonds. The number of aromatic nitrogens is 6. The summed E-state index contributed by atoms with van der Waals surface area (Å²) in [6.45, 7) is 2.65. The zero-order valence-electron chi connectivity index (χ0n) is 17.6. The first kappa shape index (κ1) is 19.7. The molecule has 0 aliphatic carbocycles. The molecule has 2 N–H and O–H groups in total. The summed E-state index contributed by atoms with van der Waals surface area (Å²) in [5.74, 6) is 0.516. The maximum atomic E-state index is 14.8. The predicted octanol–water partition coefficient (Wildman–Crippen LogP) is 3.15. The van der Waals surface area contributed by atoms with Gasteiger partial charge in [-0.3, -0.25) is 9.36 Å². The molecule has 164 valence electrons. The zero-order chi connectivity index (χ0) is 21.9. The van der Waals surface area contributed by atoms with Gasteiger partial charge in [0.05, 0.1) is 29.0 Å². The van der Waals surface area contributed by atoms with Crippen LogP contribution in [0.1, 0.15) is 24.6 Å². The molecular formula is C22H23FN8S. The summed E-state index contributed by atoms with van der Waals surface area (Å²) >= 11 is 1.26. The van der Waals surface area contributed by atoms with E-state index >= 15 is 0 Å². The highest BCUT2D eigenvalue weighted by Crippen LogP contribution is 2.47. The van der Waals surface area contributed by atoms with Gasteiger partial charge >= 0.3 is 0 Å². The Morgan fingerprint density at radius 1 is 1.16 bits per heavy atom. The molecule has 1 aromatic carbocycles. The number of hydrogen-bond acceptors (Lipinski definition) is 7. The number of halogens is 1. The first-order chi connectivity index (χ1) is 15.5. The summed E-state index contributed by atoms with van der Waals surface area (Å²) in [6.07, 6.45) is 9.10. The molecule has 0 radical (unpaired) electrons. The lowest BCUT2D eigenvalue weighted by Gasteiger charge is -2.41. The van der Waals surface area contributed by atoms with Gasteiger partial charge < -0.3 is 10.6 Å². The second-order valence-corrected chi connectivity index (χ2v) is 9.74. The van der Waals surface area contributed by atoms with Crippen LogP contribution in [0.4, 0.5) is 10.2 Å². The van der Waals surface area contributed by atoms with Gasteiger partial charge in [-0.2, -0.15) is 10.2 Å². The van der Waals surface area contributed by atoms with Crippen LogP contribution in [-0.2, 0) is 13.6 Å². The molecule has 2 aliphatic heterocycles. The van der Waals surface area contributed by atoms with E-state index in [4.69, 9.17) is 5.73 Å². The van der Waals surface area contributed by atoms with Crippen LogP contribution >= 0.6 is 11.8 Å². The molecular weight excluding hydrogens is 427 g/mol. The van der Waals surface area contributed by atoms with Gasteiger partial charge in [0.25, 0.3) is 0 Å². The highest BCUT2D eigenvalue weighted by molar-refractivity contribution is 7.99. The molecule has 5 heterocycles. The van der Waals surface area contributed by atoms with Crippen molar-refractivity contribution in [3.05, 3.63) is 54.5 Å². The maximum absolute atomic E-state index is 14.8. The van der Waals surface area contributed by atoms with E-state index in [1.807, 2.05) is 23.0 Å². The highest BCUT2D eigenvalue weighted by atomic mass is 32.2. The predicted molar refractivity (Wildman–Crippen MR) is 120 cm³/mol. The summed E-state index contributed by atoms with van der Waals surface area (Å²) in [5, 5.41) is 10.0. The third-order valence-electron chi connectivity index (χ3n) is 6.80. The lowest BCUT2D eigenvalue weighted by molar-refractivity contribution is 0.170. The fourth-order valence-electron chi connectivity index (χ4n) is 4.97. The number of aryl methyl sites for hydroxylation is 1. The van der Waals surface area contributed by atoms with Crippen molar-refractivity contribution in [3.63, 3.8) is 0 Å². The highest BCUT2D eigenvalue weighted by Gasteiger charge is 2.46. The summed E-state index contributed by atoms with van der Waals surface area (Å²) in [4.78, 5) is 11.9. The minimum atomic E-state index is -0.326. The molecule has 0 unspecified atom stereocenters. The third-order valence-corrected chi connectivity index (χ3v) is 7.76. The Balaban J connectivity index is 1.14. The Morgan fingerprint density at radius 2 is 2.00 bits per heavy atom. The van der Waals surface area contributed by atoms with E-state index in [0.717, 1.165) is 49.4 Å². The fourth-order valence-corrected chi connectivity index (χ4v) is 5.73. The average molecular weight is 451 g/mol. The molecule has 1 spiro atoms. The van der Waals surface area contributed by atoms with Crippen molar-refractivity contribution < 1.29 is 4.39 Å². The Morgan fingerprint density at radius 3 is 2.75 bits per heavy atom. The number of piperidine rings is 1. The molecule has 8 nitrogen and oxygen atoms in total. The van der Waals surface area contributed by atoms with Crippen molar-refractivity contribution in [2.45, 2.75) is 35.3 Å². The molecule has 3 aromatic heterocycles. The molecule has 4 aromatic rings. The zero-order valence-corrected chi connectivity index (χ0v) is 18.5. The number of benzene rings is 1. The molecule has 1 fully saturated rings. The number of rotatable bonds is 3. The van der Waals surface area contributed by atoms with Crippen molar-refractivity contribution >= 4 is 28.5 Å². The van der Waals surface area contributed by atoms with Gasteiger partial charge in [0.2, 0.25) is 0 Å². The van der Waals surface area contributed by atoms with Crippen molar-refractivity contribution in [2.24, 2.45) is 18.2 Å². The summed E-state index contributed by atoms with van der Waals surface area (Å²) < 4.78 is 18.5. The second kappa shape index (κ2) is 7.28. The molecule has 0 bridgehead atoms. The number of nitrogens with zero attached hydrogens (tertiary/aromatic N) is 7. The number of anilines is 1. The molecule has 1 saturated heterocycles. The van der Waals surface area contributed by atoms with Gasteiger partial charge in [0.15, 0.2) is 5.82 Å². The second-order valence-electron chi connectivity index (χ2n) is 8.67. The van der Waals surface area contributed by atoms with Crippen LogP contribution in [0.15, 0.2) is 52.9 Å². The SMILES string of the molecule is Cn1cc2ccc(Sc3cnc(N4CCC5(CC4)Cn4nccc4[C@H]5N)cn3)c(F)c2n1. The molecule has 6 rings (SSSR count). The standard InChI is InChI=1S/C22H23FN8S/c1-29-12-14-2-3-16(19(23)20(14)28-29)32-18-11-25-17(10-26-18)30-8-5-22(6-9-30)13-31-15(21(22)24)4-7-27-31/h2-4,7,10-12,21H,5-6,8-9,13,24H2,1H3/t21-/m1/s1. The molecule has 2 aliphatic rings. The van der Waals surface area contributed by atoms with Crippen LogP contribution in [0.5, 0.6) is 0 Å². The van der Waals surface area contributed by atoms with E-state index in [-0.39, 0.29) is 17.3 Å². The number of fused-ring (bicyclic) bond motifs is 2. The Bertz CT molecular complexity index is 1290. The fraction of sp³-hybridized carbons (Fsp3) is 0.364. The molecule has 32 heavy (non-hydrogen) atoms. The van der Waals surface area contributed by atoms with E-state index in [1.54, 1.807) is 36.4 Å². The number of hydrogen-bond donors (Lipinski definition) is 1. The van der Waals surface area contributed by atoms with Crippen LogP contribution < -0.4 is 10.6 Å². The summed E-state index contributed by atoms with van der Waals surface area (Å²) in [5.41, 5.74) is 8.16. The van der Waals surface area contributed by atoms with Gasteiger partial charge in [-0.05, 0) is 31.0 Å².